The molecule has 1 saturated heterocycles. The highest BCUT2D eigenvalue weighted by atomic mass is 16.5. The van der Waals surface area contributed by atoms with Gasteiger partial charge in [-0.3, -0.25) is 4.79 Å². The van der Waals surface area contributed by atoms with Crippen LogP contribution in [0.2, 0.25) is 0 Å². The Balaban J connectivity index is 1.36. The first kappa shape index (κ1) is 18.1. The fourth-order valence-electron chi connectivity index (χ4n) is 3.91. The summed E-state index contributed by atoms with van der Waals surface area (Å²) in [6.07, 6.45) is 9.64. The van der Waals surface area contributed by atoms with Gasteiger partial charge < -0.3 is 15.2 Å². The van der Waals surface area contributed by atoms with E-state index in [9.17, 15) is 4.79 Å². The van der Waals surface area contributed by atoms with E-state index in [2.05, 4.69) is 31.1 Å². The fraction of sp³-hybridized carbons (Fsp3) is 0.722. The Hall–Kier alpha value is -2.29. The van der Waals surface area contributed by atoms with Gasteiger partial charge in [-0.2, -0.15) is 4.98 Å². The molecule has 1 aliphatic heterocycles. The Bertz CT molecular complexity index is 759. The van der Waals surface area contributed by atoms with Crippen LogP contribution in [0.4, 0.5) is 0 Å². The van der Waals surface area contributed by atoms with Gasteiger partial charge in [0.05, 0.1) is 12.2 Å². The molecule has 3 heterocycles. The lowest BCUT2D eigenvalue weighted by Crippen LogP contribution is -2.29. The SMILES string of the molecule is CC(NC(=O)c1cn(C2CCNCC2)nn1)c1nc(C2CCCCC2)no1. The third kappa shape index (κ3) is 4.18. The minimum absolute atomic E-state index is 0.278. The normalized spacial score (nSPS) is 20.5. The number of nitrogens with zero attached hydrogens (tertiary/aromatic N) is 5. The Morgan fingerprint density at radius 3 is 2.81 bits per heavy atom. The van der Waals surface area contributed by atoms with E-state index in [1.165, 1.54) is 19.3 Å². The molecule has 1 unspecified atom stereocenters. The summed E-state index contributed by atoms with van der Waals surface area (Å²) in [6.45, 7) is 3.76. The second-order valence-corrected chi connectivity index (χ2v) is 7.59. The number of aromatic nitrogens is 5. The van der Waals surface area contributed by atoms with Crippen LogP contribution in [-0.2, 0) is 0 Å². The van der Waals surface area contributed by atoms with E-state index in [4.69, 9.17) is 4.52 Å². The molecule has 2 aromatic rings. The Morgan fingerprint density at radius 2 is 2.04 bits per heavy atom. The van der Waals surface area contributed by atoms with Crippen molar-refractivity contribution in [3.63, 3.8) is 0 Å². The van der Waals surface area contributed by atoms with Crippen LogP contribution in [0.15, 0.2) is 10.7 Å². The summed E-state index contributed by atoms with van der Waals surface area (Å²) < 4.78 is 7.19. The van der Waals surface area contributed by atoms with Crippen molar-refractivity contribution in [3.05, 3.63) is 23.6 Å². The van der Waals surface area contributed by atoms with E-state index < -0.39 is 0 Å². The van der Waals surface area contributed by atoms with Crippen LogP contribution in [0.1, 0.15) is 92.1 Å². The largest absolute Gasteiger partial charge is 0.339 e. The molecule has 27 heavy (non-hydrogen) atoms. The summed E-state index contributed by atoms with van der Waals surface area (Å²) >= 11 is 0. The van der Waals surface area contributed by atoms with Crippen molar-refractivity contribution in [2.75, 3.05) is 13.1 Å². The topological polar surface area (TPSA) is 111 Å². The maximum atomic E-state index is 12.5. The molecule has 0 spiro atoms. The molecule has 1 amide bonds. The van der Waals surface area contributed by atoms with Gasteiger partial charge in [-0.25, -0.2) is 4.68 Å². The lowest BCUT2D eigenvalue weighted by Gasteiger charge is -2.22. The number of hydrogen-bond donors (Lipinski definition) is 2. The smallest absolute Gasteiger partial charge is 0.274 e. The number of amides is 1. The molecule has 0 bridgehead atoms. The number of nitrogens with one attached hydrogen (secondary N) is 2. The molecule has 9 nitrogen and oxygen atoms in total. The molecular formula is C18H27N7O2. The molecule has 4 rings (SSSR count). The summed E-state index contributed by atoms with van der Waals surface area (Å²) in [5, 5.41) is 18.5. The van der Waals surface area contributed by atoms with Gasteiger partial charge in [0.15, 0.2) is 11.5 Å². The summed E-state index contributed by atoms with van der Waals surface area (Å²) in [4.78, 5) is 17.0. The van der Waals surface area contributed by atoms with Crippen molar-refractivity contribution in [2.24, 2.45) is 0 Å². The van der Waals surface area contributed by atoms with Gasteiger partial charge in [-0.05, 0) is 45.7 Å². The van der Waals surface area contributed by atoms with Crippen LogP contribution in [0, 0.1) is 0 Å². The number of carbonyl (C=O) groups is 1. The standard InChI is InChI=1S/C18H27N7O2/c1-12(18-21-16(23-27-18)13-5-3-2-4-6-13)20-17(26)15-11-25(24-22-15)14-7-9-19-10-8-14/h11-14,19H,2-10H2,1H3,(H,20,26). The number of rotatable bonds is 5. The van der Waals surface area contributed by atoms with Crippen molar-refractivity contribution in [1.82, 2.24) is 35.8 Å². The molecule has 0 aromatic carbocycles. The minimum atomic E-state index is -0.369. The van der Waals surface area contributed by atoms with Crippen LogP contribution in [0.3, 0.4) is 0 Å². The number of carbonyl (C=O) groups excluding carboxylic acids is 1. The second kappa shape index (κ2) is 8.16. The van der Waals surface area contributed by atoms with Gasteiger partial charge in [-0.15, -0.1) is 5.10 Å². The third-order valence-electron chi connectivity index (χ3n) is 5.57. The van der Waals surface area contributed by atoms with Crippen LogP contribution in [-0.4, -0.2) is 44.1 Å². The van der Waals surface area contributed by atoms with Crippen molar-refractivity contribution in [3.8, 4) is 0 Å². The summed E-state index contributed by atoms with van der Waals surface area (Å²) in [6, 6.07) is -0.0712. The number of hydrogen-bond acceptors (Lipinski definition) is 7. The fourth-order valence-corrected chi connectivity index (χ4v) is 3.91. The summed E-state index contributed by atoms with van der Waals surface area (Å²) in [5.41, 5.74) is 0.312. The van der Waals surface area contributed by atoms with E-state index in [1.54, 1.807) is 10.9 Å². The molecule has 9 heteroatoms. The molecule has 1 atom stereocenters. The molecule has 2 aromatic heterocycles. The van der Waals surface area contributed by atoms with Gasteiger partial charge in [0, 0.05) is 5.92 Å². The lowest BCUT2D eigenvalue weighted by atomic mass is 9.89. The van der Waals surface area contributed by atoms with Gasteiger partial charge in [0.25, 0.3) is 5.91 Å². The van der Waals surface area contributed by atoms with Crippen LogP contribution >= 0.6 is 0 Å². The Labute approximate surface area is 158 Å². The molecule has 2 aliphatic rings. The monoisotopic (exact) mass is 373 g/mol. The van der Waals surface area contributed by atoms with Crippen molar-refractivity contribution in [1.29, 1.82) is 0 Å². The predicted octanol–water partition coefficient (Wildman–Crippen LogP) is 2.12. The van der Waals surface area contributed by atoms with Crippen LogP contribution in [0.5, 0.6) is 0 Å². The first-order chi connectivity index (χ1) is 13.2. The maximum absolute atomic E-state index is 12.5. The van der Waals surface area contributed by atoms with Gasteiger partial charge >= 0.3 is 0 Å². The first-order valence-electron chi connectivity index (χ1n) is 9.97. The highest BCUT2D eigenvalue weighted by Gasteiger charge is 2.25. The lowest BCUT2D eigenvalue weighted by molar-refractivity contribution is 0.0927. The zero-order chi connectivity index (χ0) is 18.6. The average Bonchev–Trinajstić information content (AvgIpc) is 3.39. The van der Waals surface area contributed by atoms with E-state index in [0.717, 1.165) is 44.6 Å². The second-order valence-electron chi connectivity index (χ2n) is 7.59. The molecule has 146 valence electrons. The van der Waals surface area contributed by atoms with E-state index in [1.807, 2.05) is 6.92 Å². The van der Waals surface area contributed by atoms with E-state index in [-0.39, 0.29) is 11.9 Å². The third-order valence-corrected chi connectivity index (χ3v) is 5.57. The predicted molar refractivity (Wildman–Crippen MR) is 97.2 cm³/mol. The maximum Gasteiger partial charge on any atom is 0.274 e. The van der Waals surface area contributed by atoms with Crippen LogP contribution in [0.25, 0.3) is 0 Å². The molecule has 2 N–H and O–H groups in total. The molecule has 1 aliphatic carbocycles. The van der Waals surface area contributed by atoms with Gasteiger partial charge in [0.2, 0.25) is 5.89 Å². The summed E-state index contributed by atoms with van der Waals surface area (Å²) in [7, 11) is 0. The van der Waals surface area contributed by atoms with Crippen LogP contribution < -0.4 is 10.6 Å². The zero-order valence-corrected chi connectivity index (χ0v) is 15.7. The Morgan fingerprint density at radius 1 is 1.26 bits per heavy atom. The van der Waals surface area contributed by atoms with Gasteiger partial charge in [-0.1, -0.05) is 29.6 Å². The first-order valence-corrected chi connectivity index (χ1v) is 9.97. The molecule has 0 radical (unpaired) electrons. The average molecular weight is 373 g/mol. The summed E-state index contributed by atoms with van der Waals surface area (Å²) in [5.74, 6) is 1.31. The van der Waals surface area contributed by atoms with Crippen molar-refractivity contribution >= 4 is 5.91 Å². The Kier molecular flexibility index (Phi) is 5.47. The molecule has 1 saturated carbocycles. The van der Waals surface area contributed by atoms with Crippen molar-refractivity contribution in [2.45, 2.75) is 69.9 Å². The molecular weight excluding hydrogens is 346 g/mol. The van der Waals surface area contributed by atoms with E-state index >= 15 is 0 Å². The minimum Gasteiger partial charge on any atom is -0.339 e. The van der Waals surface area contributed by atoms with E-state index in [0.29, 0.717) is 23.5 Å². The zero-order valence-electron chi connectivity index (χ0n) is 15.7. The molecule has 2 fully saturated rings. The number of piperidine rings is 1. The highest BCUT2D eigenvalue weighted by molar-refractivity contribution is 5.92. The quantitative estimate of drug-likeness (QED) is 0.826. The highest BCUT2D eigenvalue weighted by Crippen LogP contribution is 2.31. The van der Waals surface area contributed by atoms with Crippen molar-refractivity contribution < 1.29 is 9.32 Å². The van der Waals surface area contributed by atoms with Gasteiger partial charge in [0.1, 0.15) is 6.04 Å².